The third kappa shape index (κ3) is 2.60. The summed E-state index contributed by atoms with van der Waals surface area (Å²) in [4.78, 5) is 12.7. The van der Waals surface area contributed by atoms with Crippen molar-refractivity contribution in [1.29, 1.82) is 0 Å². The summed E-state index contributed by atoms with van der Waals surface area (Å²) in [5, 5.41) is 2.01. The third-order valence-electron chi connectivity index (χ3n) is 3.96. The fraction of sp³-hybridized carbons (Fsp3) is 0.150. The second-order valence-corrected chi connectivity index (χ2v) is 5.86. The summed E-state index contributed by atoms with van der Waals surface area (Å²) >= 11 is 0. The largest absolute Gasteiger partial charge is 0.425 e. The normalized spacial score (nSPS) is 11.4. The van der Waals surface area contributed by atoms with Gasteiger partial charge in [-0.1, -0.05) is 66.7 Å². The highest BCUT2D eigenvalue weighted by Gasteiger charge is 2.32. The Balaban J connectivity index is 1.93. The Hall–Kier alpha value is -2.61. The van der Waals surface area contributed by atoms with Gasteiger partial charge in [-0.15, -0.1) is 0 Å². The molecule has 0 aliphatic carbocycles. The van der Waals surface area contributed by atoms with Gasteiger partial charge >= 0.3 is 5.97 Å². The highest BCUT2D eigenvalue weighted by atomic mass is 16.5. The Morgan fingerprint density at radius 3 is 2.23 bits per heavy atom. The zero-order chi connectivity index (χ0) is 15.6. The van der Waals surface area contributed by atoms with Gasteiger partial charge in [0, 0.05) is 5.39 Å². The first-order valence-electron chi connectivity index (χ1n) is 7.34. The molecule has 0 heterocycles. The highest BCUT2D eigenvalue weighted by molar-refractivity contribution is 5.92. The molecule has 2 heteroatoms. The van der Waals surface area contributed by atoms with Gasteiger partial charge < -0.3 is 4.74 Å². The van der Waals surface area contributed by atoms with Crippen LogP contribution in [-0.2, 0) is 10.2 Å². The van der Waals surface area contributed by atoms with E-state index in [0.29, 0.717) is 5.75 Å². The highest BCUT2D eigenvalue weighted by Crippen LogP contribution is 2.29. The Morgan fingerprint density at radius 1 is 0.818 bits per heavy atom. The maximum Gasteiger partial charge on any atom is 0.321 e. The van der Waals surface area contributed by atoms with Crippen molar-refractivity contribution in [3.05, 3.63) is 78.4 Å². The van der Waals surface area contributed by atoms with Crippen LogP contribution in [0.15, 0.2) is 72.8 Å². The van der Waals surface area contributed by atoms with E-state index in [2.05, 4.69) is 0 Å². The van der Waals surface area contributed by atoms with E-state index in [4.69, 9.17) is 4.74 Å². The van der Waals surface area contributed by atoms with Crippen LogP contribution in [0.1, 0.15) is 19.4 Å². The minimum absolute atomic E-state index is 0.255. The second-order valence-electron chi connectivity index (χ2n) is 5.86. The SMILES string of the molecule is CC(C)(C(=O)Oc1cccc2ccccc12)c1ccccc1. The van der Waals surface area contributed by atoms with Crippen LogP contribution in [0.5, 0.6) is 5.75 Å². The van der Waals surface area contributed by atoms with Crippen molar-refractivity contribution >= 4 is 16.7 Å². The van der Waals surface area contributed by atoms with Crippen molar-refractivity contribution < 1.29 is 9.53 Å². The molecule has 110 valence electrons. The van der Waals surface area contributed by atoms with E-state index in [0.717, 1.165) is 16.3 Å². The standard InChI is InChI=1S/C20H18O2/c1-20(2,16-11-4-3-5-12-16)19(21)22-18-14-8-10-15-9-6-7-13-17(15)18/h3-14H,1-2H3. The van der Waals surface area contributed by atoms with Gasteiger partial charge in [0.25, 0.3) is 0 Å². The average Bonchev–Trinajstić information content (AvgIpc) is 2.56. The molecule has 0 fully saturated rings. The Kier molecular flexibility index (Phi) is 3.68. The van der Waals surface area contributed by atoms with E-state index >= 15 is 0 Å². The Morgan fingerprint density at radius 2 is 1.45 bits per heavy atom. The lowest BCUT2D eigenvalue weighted by atomic mass is 9.85. The Labute approximate surface area is 130 Å². The van der Waals surface area contributed by atoms with Gasteiger partial charge in [-0.2, -0.15) is 0 Å². The molecular formula is C20H18O2. The number of carbonyl (C=O) groups excluding carboxylic acids is 1. The smallest absolute Gasteiger partial charge is 0.321 e. The summed E-state index contributed by atoms with van der Waals surface area (Å²) in [5.74, 6) is 0.349. The lowest BCUT2D eigenvalue weighted by molar-refractivity contribution is -0.139. The maximum absolute atomic E-state index is 12.7. The molecule has 0 bridgehead atoms. The summed E-state index contributed by atoms with van der Waals surface area (Å²) in [6.07, 6.45) is 0. The summed E-state index contributed by atoms with van der Waals surface area (Å²) in [6.45, 7) is 3.77. The van der Waals surface area contributed by atoms with Crippen LogP contribution in [0.2, 0.25) is 0 Å². The molecule has 0 aliphatic heterocycles. The molecule has 3 aromatic rings. The lowest BCUT2D eigenvalue weighted by Crippen LogP contribution is -2.33. The van der Waals surface area contributed by atoms with Crippen molar-refractivity contribution in [2.75, 3.05) is 0 Å². The minimum Gasteiger partial charge on any atom is -0.425 e. The monoisotopic (exact) mass is 290 g/mol. The van der Waals surface area contributed by atoms with Gasteiger partial charge in [0.2, 0.25) is 0 Å². The summed E-state index contributed by atoms with van der Waals surface area (Å²) in [6, 6.07) is 23.3. The van der Waals surface area contributed by atoms with Crippen molar-refractivity contribution in [2.45, 2.75) is 19.3 Å². The number of benzene rings is 3. The van der Waals surface area contributed by atoms with Crippen LogP contribution in [0.25, 0.3) is 10.8 Å². The van der Waals surface area contributed by atoms with Gasteiger partial charge in [0.15, 0.2) is 0 Å². The molecule has 0 radical (unpaired) electrons. The fourth-order valence-electron chi connectivity index (χ4n) is 2.48. The second kappa shape index (κ2) is 5.64. The summed E-state index contributed by atoms with van der Waals surface area (Å²) in [7, 11) is 0. The fourth-order valence-corrected chi connectivity index (χ4v) is 2.48. The molecule has 0 amide bonds. The summed E-state index contributed by atoms with van der Waals surface area (Å²) in [5.41, 5.74) is 0.248. The summed E-state index contributed by atoms with van der Waals surface area (Å²) < 4.78 is 5.71. The first-order valence-corrected chi connectivity index (χ1v) is 7.34. The molecule has 0 unspecified atom stereocenters. The van der Waals surface area contributed by atoms with Crippen LogP contribution in [-0.4, -0.2) is 5.97 Å². The van der Waals surface area contributed by atoms with Crippen molar-refractivity contribution in [2.24, 2.45) is 0 Å². The zero-order valence-corrected chi connectivity index (χ0v) is 12.7. The maximum atomic E-state index is 12.7. The molecule has 0 saturated carbocycles. The molecule has 0 N–H and O–H groups in total. The zero-order valence-electron chi connectivity index (χ0n) is 12.7. The van der Waals surface area contributed by atoms with Gasteiger partial charge in [-0.05, 0) is 30.9 Å². The number of carbonyl (C=O) groups is 1. The predicted octanol–water partition coefficient (Wildman–Crippen LogP) is 4.72. The molecule has 0 spiro atoms. The van der Waals surface area contributed by atoms with E-state index in [1.54, 1.807) is 0 Å². The van der Waals surface area contributed by atoms with Crippen molar-refractivity contribution in [3.63, 3.8) is 0 Å². The average molecular weight is 290 g/mol. The van der Waals surface area contributed by atoms with E-state index in [1.165, 1.54) is 0 Å². The van der Waals surface area contributed by atoms with Gasteiger partial charge in [-0.3, -0.25) is 4.79 Å². The number of hydrogen-bond acceptors (Lipinski definition) is 2. The van der Waals surface area contributed by atoms with Crippen LogP contribution >= 0.6 is 0 Å². The first-order chi connectivity index (χ1) is 10.6. The molecule has 3 aromatic carbocycles. The van der Waals surface area contributed by atoms with Crippen molar-refractivity contribution in [3.8, 4) is 5.75 Å². The van der Waals surface area contributed by atoms with Crippen LogP contribution in [0, 0.1) is 0 Å². The molecular weight excluding hydrogens is 272 g/mol. The Bertz CT molecular complexity index is 799. The van der Waals surface area contributed by atoms with Gasteiger partial charge in [-0.25, -0.2) is 0 Å². The molecule has 0 aromatic heterocycles. The number of hydrogen-bond donors (Lipinski definition) is 0. The molecule has 2 nitrogen and oxygen atoms in total. The van der Waals surface area contributed by atoms with Crippen LogP contribution < -0.4 is 4.74 Å². The number of esters is 1. The van der Waals surface area contributed by atoms with Crippen molar-refractivity contribution in [1.82, 2.24) is 0 Å². The minimum atomic E-state index is -0.696. The van der Waals surface area contributed by atoms with Crippen LogP contribution in [0.4, 0.5) is 0 Å². The number of rotatable bonds is 3. The predicted molar refractivity (Wildman–Crippen MR) is 89.1 cm³/mol. The van der Waals surface area contributed by atoms with Gasteiger partial charge in [0.05, 0.1) is 5.41 Å². The lowest BCUT2D eigenvalue weighted by Gasteiger charge is -2.23. The first kappa shape index (κ1) is 14.3. The molecule has 0 atom stereocenters. The molecule has 3 rings (SSSR count). The van der Waals surface area contributed by atoms with Gasteiger partial charge in [0.1, 0.15) is 5.75 Å². The number of ether oxygens (including phenoxy) is 1. The van der Waals surface area contributed by atoms with E-state index < -0.39 is 5.41 Å². The topological polar surface area (TPSA) is 26.3 Å². The van der Waals surface area contributed by atoms with Crippen LogP contribution in [0.3, 0.4) is 0 Å². The van der Waals surface area contributed by atoms with E-state index in [1.807, 2.05) is 86.6 Å². The molecule has 0 aliphatic rings. The van der Waals surface area contributed by atoms with E-state index in [9.17, 15) is 4.79 Å². The molecule has 22 heavy (non-hydrogen) atoms. The van der Waals surface area contributed by atoms with E-state index in [-0.39, 0.29) is 5.97 Å². The number of fused-ring (bicyclic) bond motifs is 1. The quantitative estimate of drug-likeness (QED) is 0.515. The third-order valence-corrected chi connectivity index (χ3v) is 3.96. The molecule has 0 saturated heterocycles.